The summed E-state index contributed by atoms with van der Waals surface area (Å²) >= 11 is 0. The van der Waals surface area contributed by atoms with E-state index in [1.807, 2.05) is 0 Å². The Balaban J connectivity index is 2.76. The van der Waals surface area contributed by atoms with E-state index in [0.29, 0.717) is 6.61 Å². The monoisotopic (exact) mass is 189 g/mol. The van der Waals surface area contributed by atoms with Gasteiger partial charge in [0.15, 0.2) is 0 Å². The van der Waals surface area contributed by atoms with Gasteiger partial charge in [-0.1, -0.05) is 13.8 Å². The molecule has 3 heteroatoms. The molecule has 0 aromatic heterocycles. The zero-order valence-electron chi connectivity index (χ0n) is 8.97. The molecule has 0 radical (unpaired) electrons. The SMILES string of the molecule is CCCNCCOCCOCCC. The summed E-state index contributed by atoms with van der Waals surface area (Å²) in [5.41, 5.74) is 0. The van der Waals surface area contributed by atoms with E-state index in [0.717, 1.165) is 39.3 Å². The van der Waals surface area contributed by atoms with Crippen molar-refractivity contribution in [1.82, 2.24) is 5.32 Å². The van der Waals surface area contributed by atoms with E-state index in [2.05, 4.69) is 19.2 Å². The minimum absolute atomic E-state index is 0.716. The normalized spacial score (nSPS) is 10.6. The van der Waals surface area contributed by atoms with E-state index in [9.17, 15) is 0 Å². The van der Waals surface area contributed by atoms with Crippen molar-refractivity contribution in [2.24, 2.45) is 0 Å². The summed E-state index contributed by atoms with van der Waals surface area (Å²) in [6.45, 7) is 9.36. The molecule has 13 heavy (non-hydrogen) atoms. The van der Waals surface area contributed by atoms with Gasteiger partial charge < -0.3 is 14.8 Å². The molecule has 0 bridgehead atoms. The lowest BCUT2D eigenvalue weighted by molar-refractivity contribution is 0.0491. The molecule has 0 rings (SSSR count). The average Bonchev–Trinajstić information content (AvgIpc) is 2.16. The van der Waals surface area contributed by atoms with Gasteiger partial charge >= 0.3 is 0 Å². The zero-order valence-corrected chi connectivity index (χ0v) is 8.97. The van der Waals surface area contributed by atoms with Gasteiger partial charge in [0, 0.05) is 13.2 Å². The minimum atomic E-state index is 0.716. The van der Waals surface area contributed by atoms with Crippen LogP contribution >= 0.6 is 0 Å². The summed E-state index contributed by atoms with van der Waals surface area (Å²) in [5.74, 6) is 0. The fourth-order valence-electron chi connectivity index (χ4n) is 0.912. The lowest BCUT2D eigenvalue weighted by Gasteiger charge is -2.05. The highest BCUT2D eigenvalue weighted by atomic mass is 16.5. The van der Waals surface area contributed by atoms with E-state index >= 15 is 0 Å². The first-order chi connectivity index (χ1) is 6.41. The summed E-state index contributed by atoms with van der Waals surface area (Å²) in [7, 11) is 0. The topological polar surface area (TPSA) is 30.5 Å². The summed E-state index contributed by atoms with van der Waals surface area (Å²) in [6.07, 6.45) is 2.26. The molecule has 1 N–H and O–H groups in total. The van der Waals surface area contributed by atoms with Crippen LogP contribution in [0, 0.1) is 0 Å². The molecule has 0 fully saturated rings. The average molecular weight is 189 g/mol. The van der Waals surface area contributed by atoms with Gasteiger partial charge in [0.1, 0.15) is 0 Å². The molecule has 0 aliphatic carbocycles. The second-order valence-corrected chi connectivity index (χ2v) is 2.97. The van der Waals surface area contributed by atoms with Crippen LogP contribution in [0.4, 0.5) is 0 Å². The molecular formula is C10H23NO2. The van der Waals surface area contributed by atoms with Gasteiger partial charge in [0.05, 0.1) is 19.8 Å². The van der Waals surface area contributed by atoms with Gasteiger partial charge in [-0.15, -0.1) is 0 Å². The van der Waals surface area contributed by atoms with Gasteiger partial charge in [-0.05, 0) is 19.4 Å². The van der Waals surface area contributed by atoms with Gasteiger partial charge in [0.25, 0.3) is 0 Å². The van der Waals surface area contributed by atoms with Crippen LogP contribution in [0.15, 0.2) is 0 Å². The Hall–Kier alpha value is -0.120. The van der Waals surface area contributed by atoms with Crippen molar-refractivity contribution in [3.05, 3.63) is 0 Å². The van der Waals surface area contributed by atoms with Crippen LogP contribution in [-0.2, 0) is 9.47 Å². The van der Waals surface area contributed by atoms with Crippen molar-refractivity contribution in [2.75, 3.05) is 39.5 Å². The van der Waals surface area contributed by atoms with Crippen molar-refractivity contribution in [3.8, 4) is 0 Å². The van der Waals surface area contributed by atoms with Gasteiger partial charge in [-0.2, -0.15) is 0 Å². The van der Waals surface area contributed by atoms with Gasteiger partial charge in [0.2, 0.25) is 0 Å². The number of rotatable bonds is 10. The first-order valence-electron chi connectivity index (χ1n) is 5.28. The molecule has 0 aliphatic heterocycles. The van der Waals surface area contributed by atoms with E-state index in [4.69, 9.17) is 9.47 Å². The summed E-state index contributed by atoms with van der Waals surface area (Å²) < 4.78 is 10.6. The second kappa shape index (κ2) is 11.9. The molecule has 0 spiro atoms. The Morgan fingerprint density at radius 3 is 2.08 bits per heavy atom. The molecule has 80 valence electrons. The molecule has 0 saturated heterocycles. The van der Waals surface area contributed by atoms with Crippen LogP contribution in [0.3, 0.4) is 0 Å². The van der Waals surface area contributed by atoms with Crippen LogP contribution in [0.5, 0.6) is 0 Å². The molecule has 0 saturated carbocycles. The summed E-state index contributed by atoms with van der Waals surface area (Å²) in [6, 6.07) is 0. The molecule has 0 aromatic rings. The first kappa shape index (κ1) is 12.9. The van der Waals surface area contributed by atoms with Crippen molar-refractivity contribution >= 4 is 0 Å². The largest absolute Gasteiger partial charge is 0.379 e. The molecule has 0 atom stereocenters. The lowest BCUT2D eigenvalue weighted by atomic mass is 10.5. The third kappa shape index (κ3) is 11.9. The van der Waals surface area contributed by atoms with Crippen LogP contribution in [0.25, 0.3) is 0 Å². The number of ether oxygens (including phenoxy) is 2. The predicted molar refractivity (Wildman–Crippen MR) is 55.1 cm³/mol. The Morgan fingerprint density at radius 1 is 0.769 bits per heavy atom. The molecule has 3 nitrogen and oxygen atoms in total. The van der Waals surface area contributed by atoms with Crippen molar-refractivity contribution < 1.29 is 9.47 Å². The molecule has 0 aliphatic rings. The van der Waals surface area contributed by atoms with Gasteiger partial charge in [-0.3, -0.25) is 0 Å². The summed E-state index contributed by atoms with van der Waals surface area (Å²) in [5, 5.41) is 3.27. The smallest absolute Gasteiger partial charge is 0.0701 e. The highest BCUT2D eigenvalue weighted by Crippen LogP contribution is 1.81. The standard InChI is InChI=1S/C10H23NO2/c1-3-5-11-6-8-13-10-9-12-7-4-2/h11H,3-10H2,1-2H3. The number of hydrogen-bond acceptors (Lipinski definition) is 3. The molecule has 0 unspecified atom stereocenters. The highest BCUT2D eigenvalue weighted by molar-refractivity contribution is 4.43. The van der Waals surface area contributed by atoms with E-state index in [1.54, 1.807) is 0 Å². The second-order valence-electron chi connectivity index (χ2n) is 2.97. The van der Waals surface area contributed by atoms with Crippen molar-refractivity contribution in [3.63, 3.8) is 0 Å². The Labute approximate surface area is 81.8 Å². The zero-order chi connectivity index (χ0) is 9.78. The third-order valence-corrected chi connectivity index (χ3v) is 1.57. The van der Waals surface area contributed by atoms with Crippen LogP contribution in [0.2, 0.25) is 0 Å². The van der Waals surface area contributed by atoms with Gasteiger partial charge in [-0.25, -0.2) is 0 Å². The predicted octanol–water partition coefficient (Wildman–Crippen LogP) is 1.43. The fourth-order valence-corrected chi connectivity index (χ4v) is 0.912. The van der Waals surface area contributed by atoms with Crippen LogP contribution in [0.1, 0.15) is 26.7 Å². The Kier molecular flexibility index (Phi) is 11.8. The van der Waals surface area contributed by atoms with Crippen LogP contribution in [-0.4, -0.2) is 39.5 Å². The van der Waals surface area contributed by atoms with E-state index in [1.165, 1.54) is 6.42 Å². The Bertz CT molecular complexity index is 79.0. The number of nitrogens with one attached hydrogen (secondary N) is 1. The molecule has 0 heterocycles. The van der Waals surface area contributed by atoms with E-state index in [-0.39, 0.29) is 0 Å². The maximum absolute atomic E-state index is 5.34. The highest BCUT2D eigenvalue weighted by Gasteiger charge is 1.88. The van der Waals surface area contributed by atoms with E-state index < -0.39 is 0 Å². The summed E-state index contributed by atoms with van der Waals surface area (Å²) in [4.78, 5) is 0. The Morgan fingerprint density at radius 2 is 1.46 bits per heavy atom. The quantitative estimate of drug-likeness (QED) is 0.527. The van der Waals surface area contributed by atoms with Crippen LogP contribution < -0.4 is 5.32 Å². The maximum atomic E-state index is 5.34. The lowest BCUT2D eigenvalue weighted by Crippen LogP contribution is -2.21. The molecule has 0 amide bonds. The van der Waals surface area contributed by atoms with Crippen molar-refractivity contribution in [1.29, 1.82) is 0 Å². The van der Waals surface area contributed by atoms with Crippen molar-refractivity contribution in [2.45, 2.75) is 26.7 Å². The molecular weight excluding hydrogens is 166 g/mol. The molecule has 0 aromatic carbocycles. The third-order valence-electron chi connectivity index (χ3n) is 1.57. The minimum Gasteiger partial charge on any atom is -0.379 e. The fraction of sp³-hybridized carbons (Fsp3) is 1.00. The first-order valence-corrected chi connectivity index (χ1v) is 5.28. The maximum Gasteiger partial charge on any atom is 0.0701 e. The number of hydrogen-bond donors (Lipinski definition) is 1.